The Morgan fingerprint density at radius 1 is 0.548 bits per heavy atom. The zero-order valence-corrected chi connectivity index (χ0v) is 23.3. The van der Waals surface area contributed by atoms with Crippen molar-refractivity contribution in [2.45, 2.75) is 18.8 Å². The largest absolute Gasteiger partial charge is 0.0839 e. The van der Waals surface area contributed by atoms with Crippen LogP contribution >= 0.6 is 0 Å². The number of hydrogen-bond acceptors (Lipinski definition) is 0. The van der Waals surface area contributed by atoms with Crippen LogP contribution in [0.5, 0.6) is 0 Å². The molecule has 0 aromatic heterocycles. The highest BCUT2D eigenvalue weighted by Crippen LogP contribution is 2.57. The molecule has 0 heterocycles. The first-order valence-electron chi connectivity index (χ1n) is 15.3. The highest BCUT2D eigenvalue weighted by Gasteiger charge is 2.38. The minimum Gasteiger partial charge on any atom is -0.0839 e. The molecule has 4 aliphatic carbocycles. The van der Waals surface area contributed by atoms with Gasteiger partial charge in [0.15, 0.2) is 0 Å². The molecule has 0 bridgehead atoms. The van der Waals surface area contributed by atoms with Crippen LogP contribution in [0.3, 0.4) is 0 Å². The molecule has 6 aromatic rings. The van der Waals surface area contributed by atoms with Gasteiger partial charge in [-0.3, -0.25) is 0 Å². The highest BCUT2D eigenvalue weighted by atomic mass is 14.4. The molecule has 0 N–H and O–H groups in total. The molecule has 0 aliphatic heterocycles. The van der Waals surface area contributed by atoms with Gasteiger partial charge >= 0.3 is 0 Å². The van der Waals surface area contributed by atoms with Crippen LogP contribution in [0.2, 0.25) is 0 Å². The van der Waals surface area contributed by atoms with Crippen molar-refractivity contribution in [1.82, 2.24) is 0 Å². The van der Waals surface area contributed by atoms with Crippen LogP contribution < -0.4 is 0 Å². The van der Waals surface area contributed by atoms with E-state index >= 15 is 0 Å². The normalized spacial score (nSPS) is 20.0. The van der Waals surface area contributed by atoms with Gasteiger partial charge in [0.05, 0.1) is 0 Å². The lowest BCUT2D eigenvalue weighted by atomic mass is 9.65. The molecule has 0 saturated heterocycles. The van der Waals surface area contributed by atoms with Crippen LogP contribution in [-0.2, 0) is 0 Å². The molecule has 0 fully saturated rings. The van der Waals surface area contributed by atoms with E-state index in [0.717, 1.165) is 12.8 Å². The van der Waals surface area contributed by atoms with Gasteiger partial charge in [-0.25, -0.2) is 0 Å². The Bertz CT molecular complexity index is 2280. The number of fused-ring (bicyclic) bond motifs is 5. The van der Waals surface area contributed by atoms with Gasteiger partial charge in [0, 0.05) is 11.8 Å². The molecule has 2 atom stereocenters. The average Bonchev–Trinajstić information content (AvgIpc) is 3.36. The lowest BCUT2D eigenvalue weighted by Crippen LogP contribution is -2.23. The van der Waals surface area contributed by atoms with Crippen molar-refractivity contribution in [1.29, 1.82) is 0 Å². The fourth-order valence-corrected chi connectivity index (χ4v) is 8.45. The maximum Gasteiger partial charge on any atom is 0.0196 e. The summed E-state index contributed by atoms with van der Waals surface area (Å²) in [6.45, 7) is 0. The summed E-state index contributed by atoms with van der Waals surface area (Å²) in [5, 5.41) is 8.24. The molecule has 196 valence electrons. The molecule has 0 radical (unpaired) electrons. The van der Waals surface area contributed by atoms with Crippen molar-refractivity contribution in [2.24, 2.45) is 5.92 Å². The van der Waals surface area contributed by atoms with Gasteiger partial charge in [0.25, 0.3) is 0 Å². The second-order valence-electron chi connectivity index (χ2n) is 12.3. The van der Waals surface area contributed by atoms with Crippen molar-refractivity contribution in [3.63, 3.8) is 0 Å². The molecule has 6 aromatic carbocycles. The minimum atomic E-state index is 0.302. The van der Waals surface area contributed by atoms with Gasteiger partial charge in [-0.15, -0.1) is 0 Å². The van der Waals surface area contributed by atoms with E-state index in [0.29, 0.717) is 11.8 Å². The third-order valence-electron chi connectivity index (χ3n) is 10.2. The molecular weight excluding hydrogens is 504 g/mol. The maximum atomic E-state index is 2.58. The molecule has 2 unspecified atom stereocenters. The smallest absolute Gasteiger partial charge is 0.0196 e. The molecule has 42 heavy (non-hydrogen) atoms. The van der Waals surface area contributed by atoms with Crippen molar-refractivity contribution in [2.75, 3.05) is 0 Å². The van der Waals surface area contributed by atoms with Crippen molar-refractivity contribution in [3.05, 3.63) is 161 Å². The van der Waals surface area contributed by atoms with E-state index in [9.17, 15) is 0 Å². The molecule has 0 heteroatoms. The third kappa shape index (κ3) is 2.92. The Morgan fingerprint density at radius 2 is 1.38 bits per heavy atom. The van der Waals surface area contributed by atoms with E-state index in [-0.39, 0.29) is 0 Å². The SMILES string of the molecule is C1=CC2=C(c3ccccc3)c3cc4c(cc3C(C3=CCCC=C3)C2C=C1)-c1ccc2ccc3cccc5cc-4c1c2c35. The minimum absolute atomic E-state index is 0.302. The van der Waals surface area contributed by atoms with Gasteiger partial charge in [-0.2, -0.15) is 0 Å². The van der Waals surface area contributed by atoms with Crippen LogP contribution in [-0.4, -0.2) is 0 Å². The lowest BCUT2D eigenvalue weighted by molar-refractivity contribution is 0.642. The summed E-state index contributed by atoms with van der Waals surface area (Å²) < 4.78 is 0. The summed E-state index contributed by atoms with van der Waals surface area (Å²) in [6.07, 6.45) is 18.8. The monoisotopic (exact) mass is 532 g/mol. The number of benzene rings is 6. The van der Waals surface area contributed by atoms with E-state index in [1.54, 1.807) is 0 Å². The molecule has 10 rings (SSSR count). The molecule has 4 aliphatic rings. The second kappa shape index (κ2) is 8.30. The second-order valence-corrected chi connectivity index (χ2v) is 12.3. The number of allylic oxidation sites excluding steroid dienone is 9. The maximum absolute atomic E-state index is 2.58. The first kappa shape index (κ1) is 22.7. The van der Waals surface area contributed by atoms with Crippen molar-refractivity contribution < 1.29 is 0 Å². The van der Waals surface area contributed by atoms with Crippen molar-refractivity contribution in [3.8, 4) is 22.3 Å². The van der Waals surface area contributed by atoms with E-state index < -0.39 is 0 Å². The first-order valence-corrected chi connectivity index (χ1v) is 15.3. The number of rotatable bonds is 2. The van der Waals surface area contributed by atoms with E-state index in [1.165, 1.54) is 88.0 Å². The highest BCUT2D eigenvalue weighted by molar-refractivity contribution is 6.32. The first-order chi connectivity index (χ1) is 20.8. The summed E-state index contributed by atoms with van der Waals surface area (Å²) in [6, 6.07) is 34.7. The Hall–Kier alpha value is -4.94. The summed E-state index contributed by atoms with van der Waals surface area (Å²) in [5.74, 6) is 0.619. The van der Waals surface area contributed by atoms with Gasteiger partial charge in [-0.05, 0) is 119 Å². The van der Waals surface area contributed by atoms with Crippen LogP contribution in [0.4, 0.5) is 0 Å². The molecule has 0 saturated carbocycles. The van der Waals surface area contributed by atoms with Crippen LogP contribution in [0.25, 0.3) is 60.1 Å². The Morgan fingerprint density at radius 3 is 2.26 bits per heavy atom. The zero-order chi connectivity index (χ0) is 27.4. The topological polar surface area (TPSA) is 0 Å². The van der Waals surface area contributed by atoms with Crippen LogP contribution in [0.15, 0.2) is 145 Å². The summed E-state index contributed by atoms with van der Waals surface area (Å²) in [5.41, 5.74) is 14.0. The number of hydrogen-bond donors (Lipinski definition) is 0. The molecule has 0 amide bonds. The van der Waals surface area contributed by atoms with Crippen molar-refractivity contribution >= 4 is 37.9 Å². The Kier molecular flexibility index (Phi) is 4.49. The van der Waals surface area contributed by atoms with Gasteiger partial charge in [-0.1, -0.05) is 115 Å². The van der Waals surface area contributed by atoms with Gasteiger partial charge < -0.3 is 0 Å². The predicted octanol–water partition coefficient (Wildman–Crippen LogP) is 11.1. The molecular formula is C42H28. The predicted molar refractivity (Wildman–Crippen MR) is 178 cm³/mol. The summed E-state index contributed by atoms with van der Waals surface area (Å²) in [7, 11) is 0. The standard InChI is InChI=1S/C42H28/c1-3-10-25(11-4-1)39-30-16-7-8-17-31(30)40(26-12-5-2-6-13-26)37-24-34-33(23-36(37)39)32-21-20-28-19-18-27-14-9-15-29-22-35(34)42(32)41(28)38(27)29/h2-3,5-24,30,39H,1,4H2. The Balaban J connectivity index is 1.33. The van der Waals surface area contributed by atoms with E-state index in [1.807, 2.05) is 0 Å². The summed E-state index contributed by atoms with van der Waals surface area (Å²) >= 11 is 0. The summed E-state index contributed by atoms with van der Waals surface area (Å²) in [4.78, 5) is 0. The third-order valence-corrected chi connectivity index (χ3v) is 10.2. The molecule has 0 spiro atoms. The van der Waals surface area contributed by atoms with E-state index in [2.05, 4.69) is 134 Å². The fourth-order valence-electron chi connectivity index (χ4n) is 8.45. The van der Waals surface area contributed by atoms with Gasteiger partial charge in [0.1, 0.15) is 0 Å². The van der Waals surface area contributed by atoms with Crippen LogP contribution in [0, 0.1) is 5.92 Å². The van der Waals surface area contributed by atoms with Crippen LogP contribution in [0.1, 0.15) is 35.4 Å². The quantitative estimate of drug-likeness (QED) is 0.194. The zero-order valence-electron chi connectivity index (χ0n) is 23.3. The van der Waals surface area contributed by atoms with E-state index in [4.69, 9.17) is 0 Å². The average molecular weight is 533 g/mol. The molecule has 0 nitrogen and oxygen atoms in total. The van der Waals surface area contributed by atoms with Gasteiger partial charge in [0.2, 0.25) is 0 Å². The lowest BCUT2D eigenvalue weighted by Gasteiger charge is -2.38. The fraction of sp³-hybridized carbons (Fsp3) is 0.0952. The Labute approximate surface area is 245 Å².